The Balaban J connectivity index is 2.23. The highest BCUT2D eigenvalue weighted by atomic mass is 35.5. The fourth-order valence-electron chi connectivity index (χ4n) is 1.84. The van der Waals surface area contributed by atoms with Crippen LogP contribution in [-0.4, -0.2) is 6.36 Å². The van der Waals surface area contributed by atoms with Gasteiger partial charge in [0.05, 0.1) is 0 Å². The SMILES string of the molecule is N=NC(c1ccc(Cl)cc1)c1ccc(OC(F)(F)F)cc1. The lowest BCUT2D eigenvalue weighted by molar-refractivity contribution is -0.274. The Morgan fingerprint density at radius 3 is 1.86 bits per heavy atom. The Morgan fingerprint density at radius 1 is 0.952 bits per heavy atom. The summed E-state index contributed by atoms with van der Waals surface area (Å²) >= 11 is 5.79. The zero-order valence-electron chi connectivity index (χ0n) is 10.6. The predicted octanol–water partition coefficient (Wildman–Crippen LogP) is 5.36. The maximum absolute atomic E-state index is 12.1. The van der Waals surface area contributed by atoms with Crippen molar-refractivity contribution >= 4 is 11.6 Å². The molecule has 0 saturated carbocycles. The van der Waals surface area contributed by atoms with Crippen LogP contribution in [0.25, 0.3) is 0 Å². The molecule has 0 heterocycles. The minimum atomic E-state index is -4.73. The van der Waals surface area contributed by atoms with E-state index in [2.05, 4.69) is 9.85 Å². The summed E-state index contributed by atoms with van der Waals surface area (Å²) in [5, 5.41) is 4.06. The molecule has 0 saturated heterocycles. The van der Waals surface area contributed by atoms with Crippen molar-refractivity contribution in [1.29, 1.82) is 5.53 Å². The second-order valence-electron chi connectivity index (χ2n) is 4.20. The van der Waals surface area contributed by atoms with E-state index in [-0.39, 0.29) is 5.75 Å². The minimum Gasteiger partial charge on any atom is -0.406 e. The van der Waals surface area contributed by atoms with Crippen molar-refractivity contribution in [3.8, 4) is 5.75 Å². The highest BCUT2D eigenvalue weighted by molar-refractivity contribution is 6.30. The molecule has 0 aliphatic rings. The van der Waals surface area contributed by atoms with Crippen LogP contribution in [0.2, 0.25) is 5.02 Å². The zero-order chi connectivity index (χ0) is 15.5. The van der Waals surface area contributed by atoms with E-state index in [1.165, 1.54) is 24.3 Å². The summed E-state index contributed by atoms with van der Waals surface area (Å²) in [6, 6.07) is 11.4. The van der Waals surface area contributed by atoms with Gasteiger partial charge in [-0.15, -0.1) is 13.2 Å². The van der Waals surface area contributed by atoms with E-state index in [4.69, 9.17) is 17.1 Å². The first-order valence-corrected chi connectivity index (χ1v) is 6.24. The molecule has 0 aliphatic carbocycles. The third-order valence-electron chi connectivity index (χ3n) is 2.74. The van der Waals surface area contributed by atoms with E-state index in [0.717, 1.165) is 5.56 Å². The number of hydrogen-bond acceptors (Lipinski definition) is 3. The second kappa shape index (κ2) is 6.13. The fourth-order valence-corrected chi connectivity index (χ4v) is 1.96. The van der Waals surface area contributed by atoms with E-state index in [9.17, 15) is 13.2 Å². The first-order valence-electron chi connectivity index (χ1n) is 5.87. The topological polar surface area (TPSA) is 45.4 Å². The van der Waals surface area contributed by atoms with Crippen molar-refractivity contribution in [2.24, 2.45) is 5.11 Å². The summed E-state index contributed by atoms with van der Waals surface area (Å²) in [4.78, 5) is 0. The van der Waals surface area contributed by atoms with Crippen LogP contribution < -0.4 is 4.74 Å². The predicted molar refractivity (Wildman–Crippen MR) is 71.6 cm³/mol. The van der Waals surface area contributed by atoms with Gasteiger partial charge in [0.1, 0.15) is 11.8 Å². The fraction of sp³-hybridized carbons (Fsp3) is 0.143. The number of nitrogens with one attached hydrogen (secondary N) is 1. The number of rotatable bonds is 4. The van der Waals surface area contributed by atoms with Gasteiger partial charge in [0, 0.05) is 5.02 Å². The van der Waals surface area contributed by atoms with Gasteiger partial charge in [-0.25, -0.2) is 5.53 Å². The van der Waals surface area contributed by atoms with Crippen LogP contribution in [0, 0.1) is 5.53 Å². The number of benzene rings is 2. The molecular weight excluding hydrogens is 305 g/mol. The van der Waals surface area contributed by atoms with Crippen molar-refractivity contribution in [3.63, 3.8) is 0 Å². The summed E-state index contributed by atoms with van der Waals surface area (Å²) in [5.74, 6) is -0.314. The smallest absolute Gasteiger partial charge is 0.406 e. The van der Waals surface area contributed by atoms with Crippen LogP contribution in [0.4, 0.5) is 13.2 Å². The summed E-state index contributed by atoms with van der Waals surface area (Å²) in [6.07, 6.45) is -4.73. The Hall–Kier alpha value is -2.08. The van der Waals surface area contributed by atoms with Gasteiger partial charge < -0.3 is 4.74 Å². The zero-order valence-corrected chi connectivity index (χ0v) is 11.3. The summed E-state index contributed by atoms with van der Waals surface area (Å²) in [5.41, 5.74) is 8.57. The van der Waals surface area contributed by atoms with E-state index < -0.39 is 12.4 Å². The Labute approximate surface area is 123 Å². The van der Waals surface area contributed by atoms with Gasteiger partial charge in [-0.1, -0.05) is 35.9 Å². The van der Waals surface area contributed by atoms with Crippen LogP contribution in [0.15, 0.2) is 53.6 Å². The maximum Gasteiger partial charge on any atom is 0.573 e. The van der Waals surface area contributed by atoms with Crippen molar-refractivity contribution in [2.45, 2.75) is 12.4 Å². The summed E-state index contributed by atoms with van der Waals surface area (Å²) in [6.45, 7) is 0. The molecule has 1 atom stereocenters. The van der Waals surface area contributed by atoms with Crippen LogP contribution in [0.3, 0.4) is 0 Å². The van der Waals surface area contributed by atoms with Gasteiger partial charge in [-0.3, -0.25) is 0 Å². The Kier molecular flexibility index (Phi) is 4.47. The molecule has 2 aromatic carbocycles. The molecule has 3 nitrogen and oxygen atoms in total. The molecule has 1 unspecified atom stereocenters. The van der Waals surface area contributed by atoms with Crippen molar-refractivity contribution < 1.29 is 17.9 Å². The number of hydrogen-bond donors (Lipinski definition) is 1. The molecule has 2 rings (SSSR count). The van der Waals surface area contributed by atoms with Crippen molar-refractivity contribution in [2.75, 3.05) is 0 Å². The van der Waals surface area contributed by atoms with Crippen LogP contribution >= 0.6 is 11.6 Å². The number of nitrogens with zero attached hydrogens (tertiary/aromatic N) is 1. The number of ether oxygens (including phenoxy) is 1. The van der Waals surface area contributed by atoms with E-state index in [0.29, 0.717) is 10.6 Å². The van der Waals surface area contributed by atoms with Crippen LogP contribution in [0.5, 0.6) is 5.75 Å². The molecule has 0 bridgehead atoms. The molecule has 0 spiro atoms. The Morgan fingerprint density at radius 2 is 1.43 bits per heavy atom. The lowest BCUT2D eigenvalue weighted by atomic mass is 9.99. The minimum absolute atomic E-state index is 0.314. The van der Waals surface area contributed by atoms with Gasteiger partial charge >= 0.3 is 6.36 Å². The summed E-state index contributed by atoms with van der Waals surface area (Å²) in [7, 11) is 0. The number of alkyl halides is 3. The first-order chi connectivity index (χ1) is 9.89. The Bertz CT molecular complexity index is 612. The molecule has 7 heteroatoms. The quantitative estimate of drug-likeness (QED) is 0.759. The van der Waals surface area contributed by atoms with Crippen LogP contribution in [0.1, 0.15) is 17.2 Å². The van der Waals surface area contributed by atoms with E-state index in [1.54, 1.807) is 24.3 Å². The van der Waals surface area contributed by atoms with Gasteiger partial charge in [0.25, 0.3) is 0 Å². The average molecular weight is 315 g/mol. The molecule has 0 fully saturated rings. The first kappa shape index (κ1) is 15.3. The molecular formula is C14H10ClF3N2O. The van der Waals surface area contributed by atoms with E-state index >= 15 is 0 Å². The van der Waals surface area contributed by atoms with Gasteiger partial charge in [0.15, 0.2) is 0 Å². The molecule has 0 aromatic heterocycles. The average Bonchev–Trinajstić information content (AvgIpc) is 2.42. The highest BCUT2D eigenvalue weighted by Crippen LogP contribution is 2.29. The molecule has 2 aromatic rings. The van der Waals surface area contributed by atoms with E-state index in [1.807, 2.05) is 0 Å². The normalized spacial score (nSPS) is 12.8. The largest absolute Gasteiger partial charge is 0.573 e. The maximum atomic E-state index is 12.1. The van der Waals surface area contributed by atoms with Crippen molar-refractivity contribution in [1.82, 2.24) is 0 Å². The third kappa shape index (κ3) is 4.19. The third-order valence-corrected chi connectivity index (χ3v) is 3.00. The molecule has 0 radical (unpaired) electrons. The molecule has 0 amide bonds. The van der Waals surface area contributed by atoms with Gasteiger partial charge in [0.2, 0.25) is 0 Å². The molecule has 21 heavy (non-hydrogen) atoms. The standard InChI is InChI=1S/C14H10ClF3N2O/c15-11-5-1-9(2-6-11)13(20-19)10-3-7-12(8-4-10)21-14(16,17)18/h1-8,13,19H. The van der Waals surface area contributed by atoms with Gasteiger partial charge in [-0.2, -0.15) is 5.11 Å². The summed E-state index contributed by atoms with van der Waals surface area (Å²) < 4.78 is 40.1. The molecule has 0 aliphatic heterocycles. The monoisotopic (exact) mass is 314 g/mol. The van der Waals surface area contributed by atoms with Gasteiger partial charge in [-0.05, 0) is 35.4 Å². The molecule has 110 valence electrons. The lowest BCUT2D eigenvalue weighted by Gasteiger charge is -2.13. The second-order valence-corrected chi connectivity index (χ2v) is 4.64. The van der Waals surface area contributed by atoms with Crippen molar-refractivity contribution in [3.05, 3.63) is 64.7 Å². The highest BCUT2D eigenvalue weighted by Gasteiger charge is 2.31. The molecule has 1 N–H and O–H groups in total. The number of halogens is 4. The lowest BCUT2D eigenvalue weighted by Crippen LogP contribution is -2.17. The van der Waals surface area contributed by atoms with Crippen LogP contribution in [-0.2, 0) is 0 Å².